The summed E-state index contributed by atoms with van der Waals surface area (Å²) in [6.45, 7) is 5.15. The van der Waals surface area contributed by atoms with Crippen LogP contribution in [0.5, 0.6) is 0 Å². The van der Waals surface area contributed by atoms with Gasteiger partial charge in [0.05, 0.1) is 16.0 Å². The summed E-state index contributed by atoms with van der Waals surface area (Å²) in [4.78, 5) is 27.9. The minimum atomic E-state index is -3.43. The van der Waals surface area contributed by atoms with E-state index in [1.54, 1.807) is 42.5 Å². The summed E-state index contributed by atoms with van der Waals surface area (Å²) in [5, 5.41) is 5.38. The van der Waals surface area contributed by atoms with Crippen molar-refractivity contribution in [2.24, 2.45) is 5.92 Å². The average Bonchev–Trinajstić information content (AvgIpc) is 3.05. The smallest absolute Gasteiger partial charge is 0.308 e. The van der Waals surface area contributed by atoms with Crippen LogP contribution in [0.1, 0.15) is 31.1 Å². The molecule has 0 saturated carbocycles. The number of urea groups is 1. The molecule has 0 aliphatic carbocycles. The lowest BCUT2D eigenvalue weighted by molar-refractivity contribution is 0.101. The molecule has 0 bridgehead atoms. The SMILES string of the molecule is CC(=O)c1cccc(NC(=O)Nc2ccc3nc(S(=O)(=O)CC(C)C)sc3c2)c1. The first kappa shape index (κ1) is 20.9. The van der Waals surface area contributed by atoms with Crippen LogP contribution in [0, 0.1) is 5.92 Å². The van der Waals surface area contributed by atoms with Gasteiger partial charge in [-0.25, -0.2) is 18.2 Å². The largest absolute Gasteiger partial charge is 0.323 e. The lowest BCUT2D eigenvalue weighted by Crippen LogP contribution is -2.19. The van der Waals surface area contributed by atoms with E-state index < -0.39 is 15.9 Å². The fraction of sp³-hybridized carbons (Fsp3) is 0.250. The number of carbonyl (C=O) groups excluding carboxylic acids is 2. The van der Waals surface area contributed by atoms with E-state index in [-0.39, 0.29) is 21.8 Å². The summed E-state index contributed by atoms with van der Waals surface area (Å²) < 4.78 is 25.6. The molecule has 0 unspecified atom stereocenters. The Morgan fingerprint density at radius 1 is 1.07 bits per heavy atom. The monoisotopic (exact) mass is 431 g/mol. The second kappa shape index (κ2) is 8.30. The molecule has 0 aliphatic heterocycles. The van der Waals surface area contributed by atoms with E-state index >= 15 is 0 Å². The van der Waals surface area contributed by atoms with Crippen molar-refractivity contribution < 1.29 is 18.0 Å². The number of nitrogens with zero attached hydrogens (tertiary/aromatic N) is 1. The molecule has 9 heteroatoms. The average molecular weight is 432 g/mol. The van der Waals surface area contributed by atoms with E-state index in [1.165, 1.54) is 6.92 Å². The number of hydrogen-bond acceptors (Lipinski definition) is 6. The highest BCUT2D eigenvalue weighted by atomic mass is 32.2. The molecule has 152 valence electrons. The molecular formula is C20H21N3O4S2. The molecule has 2 amide bonds. The molecule has 0 atom stereocenters. The van der Waals surface area contributed by atoms with Gasteiger partial charge in [-0.15, -0.1) is 11.3 Å². The van der Waals surface area contributed by atoms with Crippen LogP contribution in [-0.2, 0) is 9.84 Å². The van der Waals surface area contributed by atoms with E-state index in [9.17, 15) is 18.0 Å². The van der Waals surface area contributed by atoms with E-state index in [1.807, 2.05) is 13.8 Å². The number of fused-ring (bicyclic) bond motifs is 1. The minimum absolute atomic E-state index is 0.00874. The number of ketones is 1. The first-order valence-electron chi connectivity index (χ1n) is 8.96. The van der Waals surface area contributed by atoms with Gasteiger partial charge in [-0.05, 0) is 43.2 Å². The van der Waals surface area contributed by atoms with Crippen LogP contribution in [0.25, 0.3) is 10.2 Å². The summed E-state index contributed by atoms with van der Waals surface area (Å²) in [6.07, 6.45) is 0. The third kappa shape index (κ3) is 5.18. The molecule has 1 heterocycles. The Morgan fingerprint density at radius 2 is 1.76 bits per heavy atom. The van der Waals surface area contributed by atoms with Gasteiger partial charge < -0.3 is 10.6 Å². The zero-order chi connectivity index (χ0) is 21.2. The summed E-state index contributed by atoms with van der Waals surface area (Å²) in [5.41, 5.74) is 2.08. The molecule has 0 aliphatic rings. The maximum absolute atomic E-state index is 12.4. The number of aromatic nitrogens is 1. The van der Waals surface area contributed by atoms with Gasteiger partial charge in [-0.1, -0.05) is 26.0 Å². The highest BCUT2D eigenvalue weighted by Crippen LogP contribution is 2.29. The Labute approximate surface area is 173 Å². The zero-order valence-corrected chi connectivity index (χ0v) is 17.9. The maximum atomic E-state index is 12.4. The molecule has 0 saturated heterocycles. The van der Waals surface area contributed by atoms with Crippen molar-refractivity contribution in [2.45, 2.75) is 25.1 Å². The predicted molar refractivity (Wildman–Crippen MR) is 116 cm³/mol. The van der Waals surface area contributed by atoms with Crippen molar-refractivity contribution in [2.75, 3.05) is 16.4 Å². The maximum Gasteiger partial charge on any atom is 0.323 e. The first-order chi connectivity index (χ1) is 13.6. The van der Waals surface area contributed by atoms with Gasteiger partial charge in [0.15, 0.2) is 5.78 Å². The van der Waals surface area contributed by atoms with Crippen LogP contribution in [0.4, 0.5) is 16.2 Å². The quantitative estimate of drug-likeness (QED) is 0.556. The molecule has 2 aromatic carbocycles. The number of carbonyl (C=O) groups is 2. The van der Waals surface area contributed by atoms with Gasteiger partial charge in [0.2, 0.25) is 14.2 Å². The Balaban J connectivity index is 1.76. The van der Waals surface area contributed by atoms with Crippen molar-refractivity contribution >= 4 is 54.6 Å². The Kier molecular flexibility index (Phi) is 5.99. The summed E-state index contributed by atoms with van der Waals surface area (Å²) in [7, 11) is -3.43. The molecule has 0 fully saturated rings. The second-order valence-corrected chi connectivity index (χ2v) is 10.3. The molecule has 0 spiro atoms. The normalized spacial score (nSPS) is 11.6. The number of Topliss-reactive ketones (excluding diaryl/α,β-unsaturated/α-hetero) is 1. The van der Waals surface area contributed by atoms with Gasteiger partial charge in [0, 0.05) is 16.9 Å². The highest BCUT2D eigenvalue weighted by Gasteiger charge is 2.21. The third-order valence-corrected chi connectivity index (χ3v) is 7.53. The highest BCUT2D eigenvalue weighted by molar-refractivity contribution is 7.93. The summed E-state index contributed by atoms with van der Waals surface area (Å²) in [5.74, 6) is -0.0398. The van der Waals surface area contributed by atoms with Gasteiger partial charge in [-0.3, -0.25) is 4.79 Å². The number of nitrogens with one attached hydrogen (secondary N) is 2. The molecular weight excluding hydrogens is 410 g/mol. The van der Waals surface area contributed by atoms with Crippen LogP contribution < -0.4 is 10.6 Å². The number of anilines is 2. The molecule has 0 radical (unpaired) electrons. The van der Waals surface area contributed by atoms with Crippen LogP contribution in [0.3, 0.4) is 0 Å². The van der Waals surface area contributed by atoms with Gasteiger partial charge in [0.1, 0.15) is 0 Å². The third-order valence-electron chi connectivity index (χ3n) is 3.97. The molecule has 3 aromatic rings. The first-order valence-corrected chi connectivity index (χ1v) is 11.4. The van der Waals surface area contributed by atoms with Crippen LogP contribution >= 0.6 is 11.3 Å². The predicted octanol–water partition coefficient (Wildman–Crippen LogP) is 4.57. The Morgan fingerprint density at radius 3 is 2.41 bits per heavy atom. The summed E-state index contributed by atoms with van der Waals surface area (Å²) in [6, 6.07) is 11.2. The van der Waals surface area contributed by atoms with E-state index in [0.29, 0.717) is 27.2 Å². The molecule has 1 aromatic heterocycles. The number of thiazole rings is 1. The molecule has 29 heavy (non-hydrogen) atoms. The van der Waals surface area contributed by atoms with Crippen LogP contribution in [0.2, 0.25) is 0 Å². The van der Waals surface area contributed by atoms with Crippen molar-refractivity contribution in [1.29, 1.82) is 0 Å². The number of benzene rings is 2. The second-order valence-electron chi connectivity index (χ2n) is 7.05. The van der Waals surface area contributed by atoms with Crippen molar-refractivity contribution in [3.8, 4) is 0 Å². The molecule has 7 nitrogen and oxygen atoms in total. The summed E-state index contributed by atoms with van der Waals surface area (Å²) >= 11 is 1.09. The molecule has 3 rings (SSSR count). The lowest BCUT2D eigenvalue weighted by atomic mass is 10.1. The lowest BCUT2D eigenvalue weighted by Gasteiger charge is -2.08. The van der Waals surface area contributed by atoms with E-state index in [0.717, 1.165) is 11.3 Å². The van der Waals surface area contributed by atoms with Gasteiger partial charge in [-0.2, -0.15) is 0 Å². The fourth-order valence-corrected chi connectivity index (χ4v) is 5.71. The number of sulfone groups is 1. The number of amides is 2. The standard InChI is InChI=1S/C20H21N3O4S2/c1-12(2)11-29(26,27)20-23-17-8-7-16(10-18(17)28-20)22-19(25)21-15-6-4-5-14(9-15)13(3)24/h4-10,12H,11H2,1-3H3,(H2,21,22,25). The van der Waals surface area contributed by atoms with Crippen molar-refractivity contribution in [3.63, 3.8) is 0 Å². The Bertz CT molecular complexity index is 1180. The van der Waals surface area contributed by atoms with Crippen molar-refractivity contribution in [3.05, 3.63) is 48.0 Å². The number of hydrogen-bond donors (Lipinski definition) is 2. The fourth-order valence-electron chi connectivity index (χ4n) is 2.73. The molecule has 2 N–H and O–H groups in total. The van der Waals surface area contributed by atoms with Crippen LogP contribution in [-0.4, -0.2) is 31.0 Å². The number of rotatable bonds is 6. The van der Waals surface area contributed by atoms with E-state index in [2.05, 4.69) is 15.6 Å². The Hall–Kier alpha value is -2.78. The van der Waals surface area contributed by atoms with E-state index in [4.69, 9.17) is 0 Å². The van der Waals surface area contributed by atoms with Gasteiger partial charge in [0.25, 0.3) is 0 Å². The zero-order valence-electron chi connectivity index (χ0n) is 16.2. The topological polar surface area (TPSA) is 105 Å². The van der Waals surface area contributed by atoms with Crippen molar-refractivity contribution in [1.82, 2.24) is 4.98 Å². The van der Waals surface area contributed by atoms with Crippen LogP contribution in [0.15, 0.2) is 46.8 Å². The minimum Gasteiger partial charge on any atom is -0.308 e. The van der Waals surface area contributed by atoms with Gasteiger partial charge >= 0.3 is 6.03 Å².